The molecule has 25 heavy (non-hydrogen) atoms. The quantitative estimate of drug-likeness (QED) is 0.654. The first-order valence-corrected chi connectivity index (χ1v) is 8.48. The number of amides is 1. The number of carboxylic acids is 1. The van der Waals surface area contributed by atoms with E-state index in [-0.39, 0.29) is 11.1 Å². The third-order valence-electron chi connectivity index (χ3n) is 3.78. The Hall–Kier alpha value is -2.82. The minimum absolute atomic E-state index is 0.0213. The Balaban J connectivity index is 1.93. The Bertz CT molecular complexity index is 710. The standard InChI is InChI=1S/C20H23NO4/c1-2-3-4-7-14-25-16-12-10-15(11-13-16)21-19(22)17-8-5-6-9-18(17)20(23)24/h5-6,8-13H,2-4,7,14H2,1H3,(H,21,22)(H,23,24). The van der Waals surface area contributed by atoms with Gasteiger partial charge in [0, 0.05) is 5.69 Å². The molecule has 0 saturated carbocycles. The van der Waals surface area contributed by atoms with Crippen LogP contribution in [0.3, 0.4) is 0 Å². The van der Waals surface area contributed by atoms with Gasteiger partial charge in [-0.25, -0.2) is 4.79 Å². The number of aromatic carboxylic acids is 1. The van der Waals surface area contributed by atoms with Crippen molar-refractivity contribution in [3.8, 4) is 5.75 Å². The number of anilines is 1. The summed E-state index contributed by atoms with van der Waals surface area (Å²) in [5.41, 5.74) is 0.696. The summed E-state index contributed by atoms with van der Waals surface area (Å²) < 4.78 is 5.66. The van der Waals surface area contributed by atoms with E-state index in [1.54, 1.807) is 36.4 Å². The molecular weight excluding hydrogens is 318 g/mol. The molecule has 2 aromatic rings. The average molecular weight is 341 g/mol. The van der Waals surface area contributed by atoms with Crippen LogP contribution in [0.1, 0.15) is 53.3 Å². The van der Waals surface area contributed by atoms with Gasteiger partial charge in [-0.15, -0.1) is 0 Å². The van der Waals surface area contributed by atoms with Crippen molar-refractivity contribution in [2.75, 3.05) is 11.9 Å². The van der Waals surface area contributed by atoms with Crippen LogP contribution in [0.15, 0.2) is 48.5 Å². The van der Waals surface area contributed by atoms with E-state index in [0.29, 0.717) is 12.3 Å². The van der Waals surface area contributed by atoms with Crippen molar-refractivity contribution in [2.24, 2.45) is 0 Å². The van der Waals surface area contributed by atoms with Crippen molar-refractivity contribution in [2.45, 2.75) is 32.6 Å². The highest BCUT2D eigenvalue weighted by Crippen LogP contribution is 2.18. The molecule has 0 spiro atoms. The molecule has 0 fully saturated rings. The van der Waals surface area contributed by atoms with Gasteiger partial charge in [0.05, 0.1) is 17.7 Å². The van der Waals surface area contributed by atoms with Crippen molar-refractivity contribution >= 4 is 17.6 Å². The lowest BCUT2D eigenvalue weighted by Crippen LogP contribution is -2.16. The highest BCUT2D eigenvalue weighted by molar-refractivity contribution is 6.10. The molecule has 0 aliphatic rings. The maximum absolute atomic E-state index is 12.3. The van der Waals surface area contributed by atoms with E-state index in [2.05, 4.69) is 12.2 Å². The van der Waals surface area contributed by atoms with E-state index >= 15 is 0 Å². The molecule has 0 aliphatic heterocycles. The first-order chi connectivity index (χ1) is 12.1. The van der Waals surface area contributed by atoms with Gasteiger partial charge in [0.15, 0.2) is 0 Å². The molecule has 0 unspecified atom stereocenters. The second-order valence-electron chi connectivity index (χ2n) is 5.74. The molecule has 1 amide bonds. The number of nitrogens with one attached hydrogen (secondary N) is 1. The fourth-order valence-corrected chi connectivity index (χ4v) is 2.42. The molecule has 0 aliphatic carbocycles. The van der Waals surface area contributed by atoms with E-state index in [1.165, 1.54) is 25.0 Å². The van der Waals surface area contributed by atoms with Gasteiger partial charge in [-0.3, -0.25) is 4.79 Å². The second-order valence-corrected chi connectivity index (χ2v) is 5.74. The second kappa shape index (κ2) is 9.47. The lowest BCUT2D eigenvalue weighted by Gasteiger charge is -2.09. The van der Waals surface area contributed by atoms with Crippen LogP contribution in [0.25, 0.3) is 0 Å². The molecule has 5 heteroatoms. The van der Waals surface area contributed by atoms with Crippen LogP contribution in [0.2, 0.25) is 0 Å². The first kappa shape index (κ1) is 18.5. The summed E-state index contributed by atoms with van der Waals surface area (Å²) in [7, 11) is 0. The highest BCUT2D eigenvalue weighted by atomic mass is 16.5. The third kappa shape index (κ3) is 5.64. The van der Waals surface area contributed by atoms with Gasteiger partial charge in [0.2, 0.25) is 0 Å². The first-order valence-electron chi connectivity index (χ1n) is 8.48. The Morgan fingerprint density at radius 2 is 1.64 bits per heavy atom. The smallest absolute Gasteiger partial charge is 0.336 e. The molecule has 0 aromatic heterocycles. The van der Waals surface area contributed by atoms with Crippen LogP contribution in [0.4, 0.5) is 5.69 Å². The van der Waals surface area contributed by atoms with Crippen LogP contribution in [0, 0.1) is 0 Å². The molecule has 0 radical (unpaired) electrons. The number of ether oxygens (including phenoxy) is 1. The molecule has 0 heterocycles. The van der Waals surface area contributed by atoms with Crippen molar-refractivity contribution in [3.63, 3.8) is 0 Å². The summed E-state index contributed by atoms with van der Waals surface area (Å²) in [4.78, 5) is 23.5. The van der Waals surface area contributed by atoms with Gasteiger partial charge in [0.25, 0.3) is 5.91 Å². The number of carboxylic acid groups (broad SMARTS) is 1. The number of hydrogen-bond donors (Lipinski definition) is 2. The lowest BCUT2D eigenvalue weighted by molar-refractivity contribution is 0.0692. The summed E-state index contributed by atoms with van der Waals surface area (Å²) in [6, 6.07) is 13.2. The van der Waals surface area contributed by atoms with E-state index in [9.17, 15) is 9.59 Å². The van der Waals surface area contributed by atoms with E-state index in [1.807, 2.05) is 0 Å². The number of benzene rings is 2. The number of rotatable bonds is 9. The fourth-order valence-electron chi connectivity index (χ4n) is 2.42. The predicted octanol–water partition coefficient (Wildman–Crippen LogP) is 4.60. The maximum atomic E-state index is 12.3. The van der Waals surface area contributed by atoms with E-state index < -0.39 is 11.9 Å². The summed E-state index contributed by atoms with van der Waals surface area (Å²) in [5, 5.41) is 11.9. The molecule has 5 nitrogen and oxygen atoms in total. The van der Waals surface area contributed by atoms with Crippen molar-refractivity contribution in [1.82, 2.24) is 0 Å². The van der Waals surface area contributed by atoms with E-state index in [4.69, 9.17) is 9.84 Å². The van der Waals surface area contributed by atoms with Gasteiger partial charge in [-0.05, 0) is 42.8 Å². The van der Waals surface area contributed by atoms with Crippen LogP contribution < -0.4 is 10.1 Å². The summed E-state index contributed by atoms with van der Waals surface area (Å²) in [5.74, 6) is -0.829. The molecule has 132 valence electrons. The highest BCUT2D eigenvalue weighted by Gasteiger charge is 2.15. The van der Waals surface area contributed by atoms with Crippen molar-refractivity contribution in [3.05, 3.63) is 59.7 Å². The fraction of sp³-hybridized carbons (Fsp3) is 0.300. The minimum atomic E-state index is -1.13. The van der Waals surface area contributed by atoms with Crippen molar-refractivity contribution in [1.29, 1.82) is 0 Å². The largest absolute Gasteiger partial charge is 0.494 e. The van der Waals surface area contributed by atoms with Gasteiger partial charge < -0.3 is 15.2 Å². The van der Waals surface area contributed by atoms with Gasteiger partial charge in [-0.1, -0.05) is 38.3 Å². The maximum Gasteiger partial charge on any atom is 0.336 e. The molecule has 2 rings (SSSR count). The summed E-state index contributed by atoms with van der Waals surface area (Å²) >= 11 is 0. The van der Waals surface area contributed by atoms with Crippen LogP contribution >= 0.6 is 0 Å². The number of carbonyl (C=O) groups is 2. The zero-order chi connectivity index (χ0) is 18.1. The Kier molecular flexibility index (Phi) is 7.01. The molecule has 2 aromatic carbocycles. The topological polar surface area (TPSA) is 75.6 Å². The molecule has 2 N–H and O–H groups in total. The van der Waals surface area contributed by atoms with Crippen LogP contribution in [-0.4, -0.2) is 23.6 Å². The Labute approximate surface area is 147 Å². The SMILES string of the molecule is CCCCCCOc1ccc(NC(=O)c2ccccc2C(=O)O)cc1. The molecule has 0 atom stereocenters. The van der Waals surface area contributed by atoms with E-state index in [0.717, 1.165) is 18.6 Å². The number of hydrogen-bond acceptors (Lipinski definition) is 3. The van der Waals surface area contributed by atoms with Crippen molar-refractivity contribution < 1.29 is 19.4 Å². The zero-order valence-electron chi connectivity index (χ0n) is 14.3. The number of carbonyl (C=O) groups excluding carboxylic acids is 1. The monoisotopic (exact) mass is 341 g/mol. The molecular formula is C20H23NO4. The minimum Gasteiger partial charge on any atom is -0.494 e. The van der Waals surface area contributed by atoms with Crippen LogP contribution in [-0.2, 0) is 0 Å². The zero-order valence-corrected chi connectivity index (χ0v) is 14.3. The Morgan fingerprint density at radius 3 is 2.28 bits per heavy atom. The summed E-state index contributed by atoms with van der Waals surface area (Å²) in [6.45, 7) is 2.85. The Morgan fingerprint density at radius 1 is 0.960 bits per heavy atom. The van der Waals surface area contributed by atoms with Gasteiger partial charge in [0.1, 0.15) is 5.75 Å². The third-order valence-corrected chi connectivity index (χ3v) is 3.78. The van der Waals surface area contributed by atoms with Gasteiger partial charge in [-0.2, -0.15) is 0 Å². The average Bonchev–Trinajstić information content (AvgIpc) is 2.63. The molecule has 0 bridgehead atoms. The predicted molar refractivity (Wildman–Crippen MR) is 97.4 cm³/mol. The number of unbranched alkanes of at least 4 members (excludes halogenated alkanes) is 3. The van der Waals surface area contributed by atoms with Gasteiger partial charge >= 0.3 is 5.97 Å². The summed E-state index contributed by atoms with van der Waals surface area (Å²) in [6.07, 6.45) is 4.59. The lowest BCUT2D eigenvalue weighted by atomic mass is 10.1. The molecule has 0 saturated heterocycles. The van der Waals surface area contributed by atoms with Crippen LogP contribution in [0.5, 0.6) is 5.75 Å². The normalized spacial score (nSPS) is 10.3.